The Balaban J connectivity index is 2.26. The van der Waals surface area contributed by atoms with Gasteiger partial charge in [-0.3, -0.25) is 9.78 Å². The maximum Gasteiger partial charge on any atom is 0.271 e. The van der Waals surface area contributed by atoms with Gasteiger partial charge in [-0.25, -0.2) is 4.68 Å². The molecular weight excluding hydrogens is 232 g/mol. The predicted octanol–water partition coefficient (Wildman–Crippen LogP) is 0.680. The van der Waals surface area contributed by atoms with E-state index in [-0.39, 0.29) is 5.91 Å². The molecule has 0 aromatic carbocycles. The van der Waals surface area contributed by atoms with Gasteiger partial charge in [-0.1, -0.05) is 0 Å². The van der Waals surface area contributed by atoms with Crippen LogP contribution < -0.4 is 5.32 Å². The first-order valence-electron chi connectivity index (χ1n) is 5.54. The van der Waals surface area contributed by atoms with Gasteiger partial charge in [0, 0.05) is 13.2 Å². The van der Waals surface area contributed by atoms with Crippen molar-refractivity contribution in [1.82, 2.24) is 20.1 Å². The minimum atomic E-state index is -0.599. The van der Waals surface area contributed by atoms with Crippen LogP contribution in [0.3, 0.4) is 0 Å². The van der Waals surface area contributed by atoms with Gasteiger partial charge in [0.05, 0.1) is 23.7 Å². The van der Waals surface area contributed by atoms with Crippen LogP contribution in [0.25, 0.3) is 5.69 Å². The van der Waals surface area contributed by atoms with Gasteiger partial charge in [0.1, 0.15) is 0 Å². The first kappa shape index (κ1) is 12.3. The topological polar surface area (TPSA) is 80.0 Å². The molecule has 6 heteroatoms. The zero-order chi connectivity index (χ0) is 13.1. The molecule has 0 fully saturated rings. The second-order valence-corrected chi connectivity index (χ2v) is 3.84. The first-order valence-corrected chi connectivity index (χ1v) is 5.54. The number of amides is 1. The van der Waals surface area contributed by atoms with Crippen molar-refractivity contribution in [3.05, 3.63) is 42.0 Å². The highest BCUT2D eigenvalue weighted by molar-refractivity contribution is 5.91. The highest BCUT2D eigenvalue weighted by Gasteiger charge is 2.08. The highest BCUT2D eigenvalue weighted by Crippen LogP contribution is 2.12. The molecule has 2 aromatic heterocycles. The van der Waals surface area contributed by atoms with Crippen LogP contribution in [0.15, 0.2) is 30.6 Å². The van der Waals surface area contributed by atoms with Gasteiger partial charge in [-0.15, -0.1) is 0 Å². The molecule has 0 aliphatic carbocycles. The zero-order valence-electron chi connectivity index (χ0n) is 10.2. The molecule has 1 amide bonds. The standard InChI is InChI=1S/C12H14N4O2/c1-8(17)10-4-3-9(7-14-10)16-6-5-11(15-16)12(18)13-2/h3-8,17H,1-2H3,(H,13,18). The summed E-state index contributed by atoms with van der Waals surface area (Å²) in [6.45, 7) is 1.65. The lowest BCUT2D eigenvalue weighted by atomic mass is 10.2. The smallest absolute Gasteiger partial charge is 0.271 e. The molecule has 0 saturated carbocycles. The van der Waals surface area contributed by atoms with E-state index in [4.69, 9.17) is 0 Å². The van der Waals surface area contributed by atoms with Crippen LogP contribution in [0, 0.1) is 0 Å². The number of nitrogens with zero attached hydrogens (tertiary/aromatic N) is 3. The molecule has 0 aliphatic rings. The molecule has 2 rings (SSSR count). The molecule has 2 aromatic rings. The lowest BCUT2D eigenvalue weighted by Crippen LogP contribution is -2.18. The van der Waals surface area contributed by atoms with Gasteiger partial charge in [-0.05, 0) is 25.1 Å². The zero-order valence-corrected chi connectivity index (χ0v) is 10.2. The fourth-order valence-electron chi connectivity index (χ4n) is 1.50. The van der Waals surface area contributed by atoms with E-state index in [1.165, 1.54) is 0 Å². The molecule has 0 bridgehead atoms. The van der Waals surface area contributed by atoms with Crippen LogP contribution in [0.2, 0.25) is 0 Å². The van der Waals surface area contributed by atoms with Crippen LogP contribution in [-0.4, -0.2) is 32.8 Å². The van der Waals surface area contributed by atoms with Crippen molar-refractivity contribution in [2.75, 3.05) is 7.05 Å². The molecule has 1 atom stereocenters. The normalized spacial score (nSPS) is 12.2. The monoisotopic (exact) mass is 246 g/mol. The van der Waals surface area contributed by atoms with Crippen LogP contribution in [0.1, 0.15) is 29.2 Å². The number of carbonyl (C=O) groups is 1. The third-order valence-corrected chi connectivity index (χ3v) is 2.51. The summed E-state index contributed by atoms with van der Waals surface area (Å²) in [5.74, 6) is -0.234. The van der Waals surface area contributed by atoms with Crippen molar-refractivity contribution in [1.29, 1.82) is 0 Å². The van der Waals surface area contributed by atoms with E-state index in [2.05, 4.69) is 15.4 Å². The molecule has 6 nitrogen and oxygen atoms in total. The van der Waals surface area contributed by atoms with E-state index >= 15 is 0 Å². The molecule has 0 aliphatic heterocycles. The maximum absolute atomic E-state index is 11.4. The highest BCUT2D eigenvalue weighted by atomic mass is 16.3. The summed E-state index contributed by atoms with van der Waals surface area (Å²) in [6, 6.07) is 5.14. The second kappa shape index (κ2) is 4.97. The van der Waals surface area contributed by atoms with Crippen molar-refractivity contribution in [3.8, 4) is 5.69 Å². The first-order chi connectivity index (χ1) is 8.61. The van der Waals surface area contributed by atoms with Crippen molar-refractivity contribution in [2.24, 2.45) is 0 Å². The van der Waals surface area contributed by atoms with Crippen molar-refractivity contribution in [2.45, 2.75) is 13.0 Å². The third kappa shape index (κ3) is 2.38. The number of pyridine rings is 1. The van der Waals surface area contributed by atoms with Crippen molar-refractivity contribution < 1.29 is 9.90 Å². The minimum absolute atomic E-state index is 0.234. The number of hydrogen-bond acceptors (Lipinski definition) is 4. The molecule has 18 heavy (non-hydrogen) atoms. The summed E-state index contributed by atoms with van der Waals surface area (Å²) in [5.41, 5.74) is 1.67. The fourth-order valence-corrected chi connectivity index (χ4v) is 1.50. The number of hydrogen-bond donors (Lipinski definition) is 2. The number of aliphatic hydroxyl groups is 1. The van der Waals surface area contributed by atoms with Crippen molar-refractivity contribution >= 4 is 5.91 Å². The Kier molecular flexibility index (Phi) is 3.38. The molecule has 0 saturated heterocycles. The summed E-state index contributed by atoms with van der Waals surface area (Å²) < 4.78 is 1.56. The third-order valence-electron chi connectivity index (χ3n) is 2.51. The van der Waals surface area contributed by atoms with Gasteiger partial charge in [0.15, 0.2) is 5.69 Å². The Bertz CT molecular complexity index is 545. The Hall–Kier alpha value is -2.21. The largest absolute Gasteiger partial charge is 0.387 e. The van der Waals surface area contributed by atoms with Gasteiger partial charge in [0.25, 0.3) is 5.91 Å². The number of rotatable bonds is 3. The average Bonchev–Trinajstić information content (AvgIpc) is 2.87. The SMILES string of the molecule is CNC(=O)c1ccn(-c2ccc(C(C)O)nc2)n1. The van der Waals surface area contributed by atoms with Gasteiger partial charge < -0.3 is 10.4 Å². The molecule has 94 valence electrons. The number of aromatic nitrogens is 3. The van der Waals surface area contributed by atoms with Gasteiger partial charge in [-0.2, -0.15) is 5.10 Å². The molecule has 2 N–H and O–H groups in total. The molecule has 2 heterocycles. The quantitative estimate of drug-likeness (QED) is 0.834. The molecular formula is C12H14N4O2. The van der Waals surface area contributed by atoms with E-state index in [0.29, 0.717) is 11.4 Å². The van der Waals surface area contributed by atoms with Crippen LogP contribution in [0.5, 0.6) is 0 Å². The molecule has 1 unspecified atom stereocenters. The van der Waals surface area contributed by atoms with E-state index in [0.717, 1.165) is 5.69 Å². The van der Waals surface area contributed by atoms with Gasteiger partial charge >= 0.3 is 0 Å². The number of carbonyl (C=O) groups excluding carboxylic acids is 1. The lowest BCUT2D eigenvalue weighted by Gasteiger charge is -2.05. The summed E-state index contributed by atoms with van der Waals surface area (Å²) >= 11 is 0. The number of aliphatic hydroxyl groups excluding tert-OH is 1. The number of nitrogens with one attached hydrogen (secondary N) is 1. The van der Waals surface area contributed by atoms with E-state index in [9.17, 15) is 9.90 Å². The Morgan fingerprint density at radius 1 is 1.44 bits per heavy atom. The summed E-state index contributed by atoms with van der Waals surface area (Å²) in [4.78, 5) is 15.5. The van der Waals surface area contributed by atoms with Crippen LogP contribution in [0.4, 0.5) is 0 Å². The molecule has 0 radical (unpaired) electrons. The van der Waals surface area contributed by atoms with E-state index < -0.39 is 6.10 Å². The van der Waals surface area contributed by atoms with Crippen molar-refractivity contribution in [3.63, 3.8) is 0 Å². The molecule has 0 spiro atoms. The minimum Gasteiger partial charge on any atom is -0.387 e. The maximum atomic E-state index is 11.4. The van der Waals surface area contributed by atoms with E-state index in [1.54, 1.807) is 49.2 Å². The Morgan fingerprint density at radius 3 is 2.78 bits per heavy atom. The fraction of sp³-hybridized carbons (Fsp3) is 0.250. The Morgan fingerprint density at radius 2 is 2.22 bits per heavy atom. The summed E-state index contributed by atoms with van der Waals surface area (Å²) in [7, 11) is 1.56. The van der Waals surface area contributed by atoms with Crippen LogP contribution >= 0.6 is 0 Å². The Labute approximate surface area is 104 Å². The van der Waals surface area contributed by atoms with Crippen LogP contribution in [-0.2, 0) is 0 Å². The predicted molar refractivity (Wildman–Crippen MR) is 65.4 cm³/mol. The lowest BCUT2D eigenvalue weighted by molar-refractivity contribution is 0.0957. The van der Waals surface area contributed by atoms with Gasteiger partial charge in [0.2, 0.25) is 0 Å². The second-order valence-electron chi connectivity index (χ2n) is 3.84. The van der Waals surface area contributed by atoms with E-state index in [1.807, 2.05) is 0 Å². The average molecular weight is 246 g/mol. The summed E-state index contributed by atoms with van der Waals surface area (Å²) in [6.07, 6.45) is 2.69. The summed E-state index contributed by atoms with van der Waals surface area (Å²) in [5, 5.41) is 16.0.